The molecule has 8 N–H and O–H groups in total. The van der Waals surface area contributed by atoms with E-state index in [1.807, 2.05) is 0 Å². The third-order valence-corrected chi connectivity index (χ3v) is 7.26. The largest absolute Gasteiger partial charge is 0.508 e. The highest BCUT2D eigenvalue weighted by Gasteiger charge is 2.67. The molecule has 1 saturated carbocycles. The summed E-state index contributed by atoms with van der Waals surface area (Å²) in [5.41, 5.74) is 1.68. The molecule has 5 unspecified atom stereocenters. The topological polar surface area (TPSA) is 207 Å². The molecule has 0 aromatic heterocycles. The second-order valence-electron chi connectivity index (χ2n) is 8.95. The normalized spacial score (nSPS) is 35.4. The minimum absolute atomic E-state index is 0.0373. The number of carbonyl (C=O) groups is 4. The number of Topliss-reactive ketones (excluding diaryl/α,β-unsaturated/α-hetero) is 2. The predicted molar refractivity (Wildman–Crippen MR) is 111 cm³/mol. The van der Waals surface area contributed by atoms with Crippen molar-refractivity contribution in [2.24, 2.45) is 23.5 Å². The lowest BCUT2D eigenvalue weighted by atomic mass is 9.51. The van der Waals surface area contributed by atoms with Crippen LogP contribution in [-0.2, 0) is 14.4 Å². The Hall–Kier alpha value is -3.28. The average molecular weight is 460 g/mol. The number of benzene rings is 1. The number of phenols is 1. The minimum atomic E-state index is -2.70. The van der Waals surface area contributed by atoms with Crippen LogP contribution in [0.4, 0.5) is 5.69 Å². The zero-order valence-corrected chi connectivity index (χ0v) is 17.8. The summed E-state index contributed by atoms with van der Waals surface area (Å²) in [5.74, 6) is -9.80. The molecule has 0 saturated heterocycles. The first-order chi connectivity index (χ1) is 15.3. The number of carbonyl (C=O) groups excluding carboxylic acids is 4. The highest BCUT2D eigenvalue weighted by molar-refractivity contribution is 6.20. The SMILES string of the molecule is CC(=O)Nc1ccc2c(c1O)C(=O)C1C([C@H](O)C3CC(=O)C(C(N)=O)=C(O)C3(O)C1O)[C@@H]2C. The maximum Gasteiger partial charge on any atom is 0.255 e. The molecule has 0 bridgehead atoms. The summed E-state index contributed by atoms with van der Waals surface area (Å²) in [4.78, 5) is 49.1. The fraction of sp³-hybridized carbons (Fsp3) is 0.455. The Bertz CT molecular complexity index is 1140. The highest BCUT2D eigenvalue weighted by Crippen LogP contribution is 2.56. The Kier molecular flexibility index (Phi) is 5.11. The quantitative estimate of drug-likeness (QED) is 0.218. The van der Waals surface area contributed by atoms with Gasteiger partial charge in [0.1, 0.15) is 23.2 Å². The zero-order chi connectivity index (χ0) is 24.6. The number of fused-ring (bicyclic) bond motifs is 3. The van der Waals surface area contributed by atoms with Gasteiger partial charge in [0.25, 0.3) is 5.91 Å². The zero-order valence-electron chi connectivity index (χ0n) is 17.8. The van der Waals surface area contributed by atoms with E-state index < -0.39 is 88.4 Å². The van der Waals surface area contributed by atoms with Gasteiger partial charge >= 0.3 is 0 Å². The molecule has 3 aliphatic rings. The standard InChI is InChI=1S/C22H24N2O9/c1-6-8-3-4-10(24-7(2)25)17(28)13(8)18(29)15-12(6)16(27)9-5-11(26)14(21(23)32)19(30)22(9,33)20(15)31/h3-4,6,9,12,15-16,20,27-28,30-31,33H,5H2,1-2H3,(H2,23,32)(H,24,25)/t6-,9?,12?,15?,16-,20?,22?/m1/s1. The van der Waals surface area contributed by atoms with Crippen molar-refractivity contribution < 1.29 is 44.7 Å². The van der Waals surface area contributed by atoms with Gasteiger partial charge < -0.3 is 36.6 Å². The molecule has 176 valence electrons. The Labute approximate surface area is 187 Å². The summed E-state index contributed by atoms with van der Waals surface area (Å²) in [6.07, 6.45) is -4.15. The first-order valence-corrected chi connectivity index (χ1v) is 10.4. The van der Waals surface area contributed by atoms with Gasteiger partial charge in [-0.3, -0.25) is 19.2 Å². The number of nitrogens with one attached hydrogen (secondary N) is 1. The van der Waals surface area contributed by atoms with Crippen molar-refractivity contribution in [3.05, 3.63) is 34.6 Å². The molecule has 11 nitrogen and oxygen atoms in total. The van der Waals surface area contributed by atoms with E-state index in [1.165, 1.54) is 19.1 Å². The van der Waals surface area contributed by atoms with E-state index in [-0.39, 0.29) is 11.3 Å². The monoisotopic (exact) mass is 460 g/mol. The van der Waals surface area contributed by atoms with Crippen LogP contribution in [0.25, 0.3) is 0 Å². The Morgan fingerprint density at radius 3 is 2.39 bits per heavy atom. The van der Waals surface area contributed by atoms with Gasteiger partial charge in [-0.2, -0.15) is 0 Å². The highest BCUT2D eigenvalue weighted by atomic mass is 16.4. The molecule has 33 heavy (non-hydrogen) atoms. The van der Waals surface area contributed by atoms with Crippen LogP contribution in [0.3, 0.4) is 0 Å². The Morgan fingerprint density at radius 1 is 1.18 bits per heavy atom. The lowest BCUT2D eigenvalue weighted by Gasteiger charge is -2.56. The number of aliphatic hydroxyl groups excluding tert-OH is 3. The predicted octanol–water partition coefficient (Wildman–Crippen LogP) is -0.764. The van der Waals surface area contributed by atoms with Gasteiger partial charge in [-0.1, -0.05) is 13.0 Å². The summed E-state index contributed by atoms with van der Waals surface area (Å²) >= 11 is 0. The van der Waals surface area contributed by atoms with Gasteiger partial charge in [0.15, 0.2) is 17.2 Å². The molecular weight excluding hydrogens is 436 g/mol. The number of ketones is 2. The fourth-order valence-corrected chi connectivity index (χ4v) is 5.76. The van der Waals surface area contributed by atoms with Gasteiger partial charge in [0.2, 0.25) is 5.91 Å². The number of primary amides is 1. The van der Waals surface area contributed by atoms with Crippen molar-refractivity contribution in [1.82, 2.24) is 0 Å². The second kappa shape index (κ2) is 7.37. The lowest BCUT2D eigenvalue weighted by Crippen LogP contribution is -2.69. The van der Waals surface area contributed by atoms with Crippen LogP contribution in [0.1, 0.15) is 42.1 Å². The lowest BCUT2D eigenvalue weighted by molar-refractivity contribution is -0.209. The van der Waals surface area contributed by atoms with E-state index in [4.69, 9.17) is 5.73 Å². The maximum atomic E-state index is 13.5. The molecule has 1 aromatic rings. The Balaban J connectivity index is 1.90. The number of amides is 2. The number of nitrogens with two attached hydrogens (primary N) is 1. The van der Waals surface area contributed by atoms with Gasteiger partial charge in [-0.15, -0.1) is 0 Å². The van der Waals surface area contributed by atoms with E-state index in [2.05, 4.69) is 5.32 Å². The van der Waals surface area contributed by atoms with Gasteiger partial charge in [0, 0.05) is 25.2 Å². The van der Waals surface area contributed by atoms with E-state index >= 15 is 0 Å². The summed E-state index contributed by atoms with van der Waals surface area (Å²) in [5, 5.41) is 57.4. The average Bonchev–Trinajstić information content (AvgIpc) is 2.72. The van der Waals surface area contributed by atoms with E-state index in [1.54, 1.807) is 6.92 Å². The molecule has 0 spiro atoms. The van der Waals surface area contributed by atoms with Crippen LogP contribution < -0.4 is 11.1 Å². The van der Waals surface area contributed by atoms with Crippen LogP contribution in [0.15, 0.2) is 23.5 Å². The van der Waals surface area contributed by atoms with Crippen molar-refractivity contribution in [1.29, 1.82) is 0 Å². The molecule has 0 heterocycles. The van der Waals surface area contributed by atoms with E-state index in [0.717, 1.165) is 0 Å². The number of aromatic hydroxyl groups is 1. The van der Waals surface area contributed by atoms with Crippen LogP contribution in [-0.4, -0.2) is 66.7 Å². The first-order valence-electron chi connectivity index (χ1n) is 10.4. The Morgan fingerprint density at radius 2 is 1.82 bits per heavy atom. The minimum Gasteiger partial charge on any atom is -0.508 e. The molecule has 1 fully saturated rings. The van der Waals surface area contributed by atoms with Crippen molar-refractivity contribution in [3.63, 3.8) is 0 Å². The molecule has 11 heteroatoms. The molecular formula is C22H24N2O9. The fourth-order valence-electron chi connectivity index (χ4n) is 5.76. The third-order valence-electron chi connectivity index (χ3n) is 7.26. The number of aliphatic hydroxyl groups is 4. The number of anilines is 1. The van der Waals surface area contributed by atoms with Crippen molar-refractivity contribution in [2.45, 2.75) is 44.0 Å². The van der Waals surface area contributed by atoms with E-state index in [9.17, 15) is 44.7 Å². The smallest absolute Gasteiger partial charge is 0.255 e. The molecule has 3 aliphatic carbocycles. The van der Waals surface area contributed by atoms with Crippen LogP contribution in [0.2, 0.25) is 0 Å². The number of phenolic OH excluding ortho intramolecular Hbond substituents is 1. The number of hydrogen-bond donors (Lipinski definition) is 7. The second-order valence-corrected chi connectivity index (χ2v) is 8.95. The van der Waals surface area contributed by atoms with Crippen LogP contribution in [0.5, 0.6) is 5.75 Å². The molecule has 0 aliphatic heterocycles. The van der Waals surface area contributed by atoms with Crippen LogP contribution in [0, 0.1) is 17.8 Å². The third kappa shape index (κ3) is 2.93. The molecule has 2 amide bonds. The number of rotatable bonds is 2. The maximum absolute atomic E-state index is 13.5. The van der Waals surface area contributed by atoms with Crippen molar-refractivity contribution >= 4 is 29.1 Å². The molecule has 4 rings (SSSR count). The van der Waals surface area contributed by atoms with Gasteiger partial charge in [-0.25, -0.2) is 0 Å². The summed E-state index contributed by atoms with van der Waals surface area (Å²) in [6, 6.07) is 2.91. The van der Waals surface area contributed by atoms with Crippen molar-refractivity contribution in [3.8, 4) is 5.75 Å². The summed E-state index contributed by atoms with van der Waals surface area (Å²) in [7, 11) is 0. The molecule has 1 aromatic carbocycles. The number of hydrogen-bond acceptors (Lipinski definition) is 9. The van der Waals surface area contributed by atoms with Crippen LogP contribution >= 0.6 is 0 Å². The molecule has 0 radical (unpaired) electrons. The van der Waals surface area contributed by atoms with E-state index in [0.29, 0.717) is 5.56 Å². The van der Waals surface area contributed by atoms with Gasteiger partial charge in [-0.05, 0) is 17.5 Å². The van der Waals surface area contributed by atoms with Crippen molar-refractivity contribution in [2.75, 3.05) is 5.32 Å². The first kappa shape index (κ1) is 22.9. The summed E-state index contributed by atoms with van der Waals surface area (Å²) < 4.78 is 0. The van der Waals surface area contributed by atoms with Gasteiger partial charge in [0.05, 0.1) is 23.3 Å². The molecule has 7 atom stereocenters. The summed E-state index contributed by atoms with van der Waals surface area (Å²) in [6.45, 7) is 2.86.